The van der Waals surface area contributed by atoms with Crippen LogP contribution in [0.5, 0.6) is 5.75 Å². The topological polar surface area (TPSA) is 104 Å². The van der Waals surface area contributed by atoms with Crippen molar-refractivity contribution in [2.24, 2.45) is 7.05 Å². The highest BCUT2D eigenvalue weighted by Gasteiger charge is 2.22. The van der Waals surface area contributed by atoms with Gasteiger partial charge in [0, 0.05) is 75.9 Å². The number of likely N-dealkylation sites (N-methyl/N-ethyl adjacent to an activating group) is 2. The van der Waals surface area contributed by atoms with Crippen molar-refractivity contribution in [2.75, 3.05) is 69.5 Å². The van der Waals surface area contributed by atoms with Gasteiger partial charge in [0.2, 0.25) is 5.91 Å². The minimum Gasteiger partial charge on any atom is -0.494 e. The zero-order valence-electron chi connectivity index (χ0n) is 25.0. The maximum Gasteiger partial charge on any atom is 0.247 e. The fourth-order valence-corrected chi connectivity index (χ4v) is 5.22. The molecule has 1 amide bonds. The summed E-state index contributed by atoms with van der Waals surface area (Å²) in [6.07, 6.45) is 4.63. The molecule has 2 aromatic heterocycles. The molecule has 42 heavy (non-hydrogen) atoms. The summed E-state index contributed by atoms with van der Waals surface area (Å²) in [4.78, 5) is 28.4. The highest BCUT2D eigenvalue weighted by Crippen LogP contribution is 2.38. The van der Waals surface area contributed by atoms with Crippen LogP contribution in [0.25, 0.3) is 22.2 Å². The number of nitrogens with one attached hydrogen (secondary N) is 2. The lowest BCUT2D eigenvalue weighted by molar-refractivity contribution is -0.111. The second-order valence-corrected chi connectivity index (χ2v) is 10.8. The molecule has 0 spiro atoms. The van der Waals surface area contributed by atoms with Gasteiger partial charge in [-0.05, 0) is 38.2 Å². The molecule has 0 saturated carbocycles. The maximum atomic E-state index is 12.4. The average molecular weight is 570 g/mol. The number of rotatable bonds is 10. The van der Waals surface area contributed by atoms with E-state index in [0.29, 0.717) is 29.0 Å². The predicted molar refractivity (Wildman–Crippen MR) is 169 cm³/mol. The van der Waals surface area contributed by atoms with Crippen LogP contribution in [0.1, 0.15) is 6.92 Å². The van der Waals surface area contributed by atoms with Gasteiger partial charge in [-0.3, -0.25) is 14.4 Å². The molecule has 2 N–H and O–H groups in total. The number of methoxy groups -OCH3 is 1. The van der Waals surface area contributed by atoms with Crippen LogP contribution in [0.4, 0.5) is 22.9 Å². The Labute approximate surface area is 246 Å². The zero-order chi connectivity index (χ0) is 29.8. The first-order chi connectivity index (χ1) is 20.2. The van der Waals surface area contributed by atoms with E-state index in [1.807, 2.05) is 55.3 Å². The predicted octanol–water partition coefficient (Wildman–Crippen LogP) is 3.98. The van der Waals surface area contributed by atoms with Crippen LogP contribution in [0.3, 0.4) is 0 Å². The molecule has 1 aliphatic rings. The Balaban J connectivity index is 1.39. The Hall–Kier alpha value is -4.48. The van der Waals surface area contributed by atoms with E-state index in [2.05, 4.69) is 67.0 Å². The SMILES string of the molecule is C=CC(=O)Nc1cc(Nc2cc(-c3ccc4c(cnn4C)c3)ncn2)c(OC)cc1N(C)CCN1CCN(C)[C@@H](C)C1. The number of hydrogen-bond donors (Lipinski definition) is 2. The second kappa shape index (κ2) is 12.6. The van der Waals surface area contributed by atoms with E-state index in [9.17, 15) is 4.79 Å². The van der Waals surface area contributed by atoms with Crippen LogP contribution in [0.2, 0.25) is 0 Å². The lowest BCUT2D eigenvalue weighted by Crippen LogP contribution is -2.51. The third kappa shape index (κ3) is 6.37. The Bertz CT molecular complexity index is 1580. The third-order valence-corrected chi connectivity index (χ3v) is 7.94. The molecule has 2 aromatic carbocycles. The van der Waals surface area contributed by atoms with Gasteiger partial charge in [0.25, 0.3) is 0 Å². The molecule has 11 heteroatoms. The third-order valence-electron chi connectivity index (χ3n) is 7.94. The van der Waals surface area contributed by atoms with Gasteiger partial charge in [0.05, 0.1) is 41.6 Å². The van der Waals surface area contributed by atoms with Crippen LogP contribution < -0.4 is 20.3 Å². The molecule has 5 rings (SSSR count). The Morgan fingerprint density at radius 3 is 2.76 bits per heavy atom. The maximum absolute atomic E-state index is 12.4. The number of anilines is 4. The molecule has 3 heterocycles. The quantitative estimate of drug-likeness (QED) is 0.275. The molecule has 1 saturated heterocycles. The van der Waals surface area contributed by atoms with Crippen molar-refractivity contribution in [3.05, 3.63) is 61.6 Å². The van der Waals surface area contributed by atoms with E-state index in [4.69, 9.17) is 4.74 Å². The number of carbonyl (C=O) groups is 1. The number of fused-ring (bicyclic) bond motifs is 1. The van der Waals surface area contributed by atoms with Gasteiger partial charge >= 0.3 is 0 Å². The van der Waals surface area contributed by atoms with Gasteiger partial charge in [-0.2, -0.15) is 5.10 Å². The Kier molecular flexibility index (Phi) is 8.69. The van der Waals surface area contributed by atoms with Gasteiger partial charge in [0.1, 0.15) is 17.9 Å². The number of piperazine rings is 1. The first-order valence-electron chi connectivity index (χ1n) is 14.1. The minimum absolute atomic E-state index is 0.288. The van der Waals surface area contributed by atoms with E-state index in [-0.39, 0.29) is 5.91 Å². The molecule has 4 aromatic rings. The molecular formula is C31H39N9O2. The van der Waals surface area contributed by atoms with Crippen molar-refractivity contribution >= 4 is 39.7 Å². The molecule has 0 unspecified atom stereocenters. The van der Waals surface area contributed by atoms with Crippen LogP contribution in [-0.2, 0) is 11.8 Å². The summed E-state index contributed by atoms with van der Waals surface area (Å²) >= 11 is 0. The first kappa shape index (κ1) is 29.0. The van der Waals surface area contributed by atoms with Crippen LogP contribution in [0, 0.1) is 0 Å². The highest BCUT2D eigenvalue weighted by molar-refractivity contribution is 6.02. The number of ether oxygens (including phenoxy) is 1. The summed E-state index contributed by atoms with van der Waals surface area (Å²) in [5.74, 6) is 0.929. The summed E-state index contributed by atoms with van der Waals surface area (Å²) in [5, 5.41) is 11.7. The molecule has 0 bridgehead atoms. The highest BCUT2D eigenvalue weighted by atomic mass is 16.5. The summed E-state index contributed by atoms with van der Waals surface area (Å²) < 4.78 is 7.63. The fraction of sp³-hybridized carbons (Fsp3) is 0.355. The van der Waals surface area contributed by atoms with Crippen molar-refractivity contribution in [3.8, 4) is 17.0 Å². The van der Waals surface area contributed by atoms with Crippen molar-refractivity contribution in [2.45, 2.75) is 13.0 Å². The van der Waals surface area contributed by atoms with Crippen LogP contribution >= 0.6 is 0 Å². The largest absolute Gasteiger partial charge is 0.494 e. The molecule has 1 atom stereocenters. The van der Waals surface area contributed by atoms with Gasteiger partial charge < -0.3 is 25.2 Å². The monoisotopic (exact) mass is 569 g/mol. The van der Waals surface area contributed by atoms with Crippen LogP contribution in [0.15, 0.2) is 61.6 Å². The molecule has 1 fully saturated rings. The Morgan fingerprint density at radius 1 is 1.17 bits per heavy atom. The minimum atomic E-state index is -0.288. The zero-order valence-corrected chi connectivity index (χ0v) is 25.0. The van der Waals surface area contributed by atoms with E-state index in [1.165, 1.54) is 12.4 Å². The number of amides is 1. The lowest BCUT2D eigenvalue weighted by Gasteiger charge is -2.38. The van der Waals surface area contributed by atoms with E-state index in [0.717, 1.165) is 60.6 Å². The summed E-state index contributed by atoms with van der Waals surface area (Å²) in [6.45, 7) is 10.7. The second-order valence-electron chi connectivity index (χ2n) is 10.8. The number of aromatic nitrogens is 4. The average Bonchev–Trinajstić information content (AvgIpc) is 3.37. The van der Waals surface area contributed by atoms with E-state index in [1.54, 1.807) is 7.11 Å². The lowest BCUT2D eigenvalue weighted by atomic mass is 10.1. The number of benzene rings is 2. The molecule has 0 aliphatic carbocycles. The fourth-order valence-electron chi connectivity index (χ4n) is 5.22. The van der Waals surface area contributed by atoms with Crippen molar-refractivity contribution in [3.63, 3.8) is 0 Å². The van der Waals surface area contributed by atoms with E-state index >= 15 is 0 Å². The molecule has 220 valence electrons. The molecule has 11 nitrogen and oxygen atoms in total. The summed E-state index contributed by atoms with van der Waals surface area (Å²) in [7, 11) is 7.76. The Morgan fingerprint density at radius 2 is 2.00 bits per heavy atom. The number of nitrogens with zero attached hydrogens (tertiary/aromatic N) is 7. The van der Waals surface area contributed by atoms with E-state index < -0.39 is 0 Å². The summed E-state index contributed by atoms with van der Waals surface area (Å²) in [6, 6.07) is 12.3. The van der Waals surface area contributed by atoms with Gasteiger partial charge in [-0.1, -0.05) is 12.6 Å². The molecule has 1 aliphatic heterocycles. The van der Waals surface area contributed by atoms with Gasteiger partial charge in [0.15, 0.2) is 0 Å². The number of hydrogen-bond acceptors (Lipinski definition) is 9. The smallest absolute Gasteiger partial charge is 0.247 e. The molecular weight excluding hydrogens is 530 g/mol. The van der Waals surface area contributed by atoms with Gasteiger partial charge in [-0.15, -0.1) is 0 Å². The number of carbonyl (C=O) groups excluding carboxylic acids is 1. The van der Waals surface area contributed by atoms with Crippen molar-refractivity contribution in [1.29, 1.82) is 0 Å². The van der Waals surface area contributed by atoms with Crippen LogP contribution in [-0.4, -0.2) is 95.4 Å². The normalized spacial score (nSPS) is 15.9. The van der Waals surface area contributed by atoms with Crippen molar-refractivity contribution < 1.29 is 9.53 Å². The number of aryl methyl sites for hydroxylation is 1. The first-order valence-corrected chi connectivity index (χ1v) is 14.1. The van der Waals surface area contributed by atoms with Crippen molar-refractivity contribution in [1.82, 2.24) is 29.5 Å². The summed E-state index contributed by atoms with van der Waals surface area (Å²) in [5.41, 5.74) is 4.93. The standard InChI is InChI=1S/C31H39N9O2/c1-7-31(41)36-25-15-26(29(42-6)17-28(25)38(4)11-13-40-12-10-37(3)21(2)19-40)35-30-16-24(32-20-33-30)22-8-9-27-23(14-22)18-34-39(27)5/h7-9,14-18,20-21H,1,10-13,19H2,2-6H3,(H,36,41)(H,32,33,35)/t21-/m0/s1. The van der Waals surface area contributed by atoms with Gasteiger partial charge in [-0.25, -0.2) is 9.97 Å². The molecule has 0 radical (unpaired) electrons.